The molecule has 1 heterocycles. The number of fused-ring (bicyclic) bond motifs is 1. The normalized spacial score (nSPS) is 13.0. The summed E-state index contributed by atoms with van der Waals surface area (Å²) < 4.78 is 10.8. The van der Waals surface area contributed by atoms with Gasteiger partial charge in [-0.05, 0) is 46.7 Å². The molecular formula is C18H26N2O3. The Hall–Kier alpha value is -2.01. The third-order valence-corrected chi connectivity index (χ3v) is 3.39. The van der Waals surface area contributed by atoms with E-state index in [1.165, 1.54) is 0 Å². The van der Waals surface area contributed by atoms with Crippen LogP contribution in [0.1, 0.15) is 39.7 Å². The van der Waals surface area contributed by atoms with Crippen LogP contribution >= 0.6 is 0 Å². The highest BCUT2D eigenvalue weighted by Gasteiger charge is 2.17. The Morgan fingerprint density at radius 1 is 1.30 bits per heavy atom. The molecule has 2 rings (SSSR count). The summed E-state index contributed by atoms with van der Waals surface area (Å²) >= 11 is 0. The van der Waals surface area contributed by atoms with Gasteiger partial charge < -0.3 is 19.8 Å². The summed E-state index contributed by atoms with van der Waals surface area (Å²) in [5.41, 5.74) is 1.59. The van der Waals surface area contributed by atoms with Crippen LogP contribution in [0.25, 0.3) is 11.0 Å². The van der Waals surface area contributed by atoms with Gasteiger partial charge in [0.15, 0.2) is 0 Å². The summed E-state index contributed by atoms with van der Waals surface area (Å²) in [7, 11) is 0. The van der Waals surface area contributed by atoms with Gasteiger partial charge in [0.05, 0.1) is 6.26 Å². The number of carbonyl (C=O) groups is 1. The molecule has 0 aliphatic rings. The average molecular weight is 318 g/mol. The molecule has 0 radical (unpaired) electrons. The molecule has 1 amide bonds. The van der Waals surface area contributed by atoms with E-state index in [1.807, 2.05) is 45.9 Å². The standard InChI is InChI=1S/C18H26N2O3/c1-13(20-17(21)23-18(2,3)4)9-10-19-11-14-12-22-16-8-6-5-7-15(14)16/h5-8,12-13,19H,9-11H2,1-4H3,(H,20,21). The van der Waals surface area contributed by atoms with E-state index in [1.54, 1.807) is 6.26 Å². The summed E-state index contributed by atoms with van der Waals surface area (Å²) in [6.07, 6.45) is 2.25. The molecule has 0 spiro atoms. The second-order valence-corrected chi connectivity index (χ2v) is 6.77. The number of furan rings is 1. The number of nitrogens with one attached hydrogen (secondary N) is 2. The number of hydrogen-bond donors (Lipinski definition) is 2. The minimum absolute atomic E-state index is 0.0541. The van der Waals surface area contributed by atoms with Gasteiger partial charge in [0, 0.05) is 23.5 Å². The molecule has 0 aliphatic carbocycles. The Labute approximate surface area is 137 Å². The van der Waals surface area contributed by atoms with Gasteiger partial charge in [-0.3, -0.25) is 0 Å². The van der Waals surface area contributed by atoms with Gasteiger partial charge in [0.2, 0.25) is 0 Å². The third kappa shape index (κ3) is 5.60. The maximum Gasteiger partial charge on any atom is 0.407 e. The highest BCUT2D eigenvalue weighted by molar-refractivity contribution is 5.80. The molecule has 1 aromatic heterocycles. The van der Waals surface area contributed by atoms with Crippen LogP contribution in [-0.2, 0) is 11.3 Å². The van der Waals surface area contributed by atoms with Crippen molar-refractivity contribution in [3.05, 3.63) is 36.1 Å². The van der Waals surface area contributed by atoms with Gasteiger partial charge in [0.25, 0.3) is 0 Å². The zero-order valence-corrected chi connectivity index (χ0v) is 14.3. The van der Waals surface area contributed by atoms with Crippen molar-refractivity contribution in [2.45, 2.75) is 52.3 Å². The van der Waals surface area contributed by atoms with E-state index in [2.05, 4.69) is 16.7 Å². The molecule has 0 saturated heterocycles. The Morgan fingerprint density at radius 3 is 2.78 bits per heavy atom. The van der Waals surface area contributed by atoms with Gasteiger partial charge in [-0.1, -0.05) is 18.2 Å². The van der Waals surface area contributed by atoms with Gasteiger partial charge in [-0.25, -0.2) is 4.79 Å². The summed E-state index contributed by atoms with van der Waals surface area (Å²) in [5, 5.41) is 7.36. The van der Waals surface area contributed by atoms with Crippen molar-refractivity contribution < 1.29 is 13.9 Å². The first-order valence-electron chi connectivity index (χ1n) is 8.00. The predicted molar refractivity (Wildman–Crippen MR) is 91.4 cm³/mol. The largest absolute Gasteiger partial charge is 0.464 e. The molecule has 0 bridgehead atoms. The quantitative estimate of drug-likeness (QED) is 0.795. The average Bonchev–Trinajstić information content (AvgIpc) is 2.85. The fourth-order valence-electron chi connectivity index (χ4n) is 2.29. The molecule has 0 saturated carbocycles. The highest BCUT2D eigenvalue weighted by atomic mass is 16.6. The fourth-order valence-corrected chi connectivity index (χ4v) is 2.29. The Balaban J connectivity index is 1.70. The lowest BCUT2D eigenvalue weighted by Crippen LogP contribution is -2.38. The molecule has 2 N–H and O–H groups in total. The molecule has 5 nitrogen and oxygen atoms in total. The van der Waals surface area contributed by atoms with Crippen molar-refractivity contribution >= 4 is 17.1 Å². The zero-order chi connectivity index (χ0) is 16.9. The molecular weight excluding hydrogens is 292 g/mol. The number of alkyl carbamates (subject to hydrolysis) is 1. The lowest BCUT2D eigenvalue weighted by molar-refractivity contribution is 0.0506. The van der Waals surface area contributed by atoms with Crippen LogP contribution in [-0.4, -0.2) is 24.3 Å². The minimum Gasteiger partial charge on any atom is -0.464 e. The zero-order valence-electron chi connectivity index (χ0n) is 14.3. The summed E-state index contributed by atoms with van der Waals surface area (Å²) in [6, 6.07) is 8.05. The fraction of sp³-hybridized carbons (Fsp3) is 0.500. The molecule has 1 atom stereocenters. The van der Waals surface area contributed by atoms with Crippen molar-refractivity contribution in [2.75, 3.05) is 6.54 Å². The van der Waals surface area contributed by atoms with E-state index < -0.39 is 5.60 Å². The van der Waals surface area contributed by atoms with Crippen molar-refractivity contribution in [3.8, 4) is 0 Å². The van der Waals surface area contributed by atoms with E-state index >= 15 is 0 Å². The second-order valence-electron chi connectivity index (χ2n) is 6.77. The Bertz CT molecular complexity index is 643. The van der Waals surface area contributed by atoms with E-state index in [0.717, 1.165) is 36.0 Å². The van der Waals surface area contributed by atoms with Crippen LogP contribution < -0.4 is 10.6 Å². The molecule has 0 fully saturated rings. The first kappa shape index (κ1) is 17.3. The van der Waals surface area contributed by atoms with Crippen molar-refractivity contribution in [2.24, 2.45) is 0 Å². The van der Waals surface area contributed by atoms with Crippen molar-refractivity contribution in [1.82, 2.24) is 10.6 Å². The Kier molecular flexibility index (Phi) is 5.66. The smallest absolute Gasteiger partial charge is 0.407 e. The summed E-state index contributed by atoms with van der Waals surface area (Å²) in [5.74, 6) is 0. The highest BCUT2D eigenvalue weighted by Crippen LogP contribution is 2.20. The number of amides is 1. The van der Waals surface area contributed by atoms with Crippen LogP contribution in [0.5, 0.6) is 0 Å². The molecule has 126 valence electrons. The van der Waals surface area contributed by atoms with Crippen LogP contribution in [0.4, 0.5) is 4.79 Å². The Morgan fingerprint density at radius 2 is 2.04 bits per heavy atom. The topological polar surface area (TPSA) is 63.5 Å². The van der Waals surface area contributed by atoms with Gasteiger partial charge in [0.1, 0.15) is 11.2 Å². The van der Waals surface area contributed by atoms with Gasteiger partial charge in [-0.15, -0.1) is 0 Å². The lowest BCUT2D eigenvalue weighted by atomic mass is 10.1. The lowest BCUT2D eigenvalue weighted by Gasteiger charge is -2.22. The van der Waals surface area contributed by atoms with E-state index in [0.29, 0.717) is 0 Å². The molecule has 5 heteroatoms. The molecule has 23 heavy (non-hydrogen) atoms. The van der Waals surface area contributed by atoms with Crippen LogP contribution in [0.15, 0.2) is 34.9 Å². The number of benzene rings is 1. The monoisotopic (exact) mass is 318 g/mol. The molecule has 1 aromatic carbocycles. The van der Waals surface area contributed by atoms with Crippen molar-refractivity contribution in [1.29, 1.82) is 0 Å². The van der Waals surface area contributed by atoms with Gasteiger partial charge >= 0.3 is 6.09 Å². The van der Waals surface area contributed by atoms with E-state index in [9.17, 15) is 4.79 Å². The summed E-state index contributed by atoms with van der Waals surface area (Å²) in [4.78, 5) is 11.7. The number of para-hydroxylation sites is 1. The van der Waals surface area contributed by atoms with Crippen LogP contribution in [0, 0.1) is 0 Å². The minimum atomic E-state index is -0.468. The SMILES string of the molecule is CC(CCNCc1coc2ccccc12)NC(=O)OC(C)(C)C. The molecule has 2 aromatic rings. The summed E-state index contributed by atoms with van der Waals surface area (Å²) in [6.45, 7) is 9.08. The third-order valence-electron chi connectivity index (χ3n) is 3.39. The van der Waals surface area contributed by atoms with Gasteiger partial charge in [-0.2, -0.15) is 0 Å². The van der Waals surface area contributed by atoms with Crippen LogP contribution in [0.3, 0.4) is 0 Å². The first-order chi connectivity index (χ1) is 10.8. The number of ether oxygens (including phenoxy) is 1. The first-order valence-corrected chi connectivity index (χ1v) is 8.00. The second kappa shape index (κ2) is 7.51. The number of hydrogen-bond acceptors (Lipinski definition) is 4. The number of rotatable bonds is 6. The maximum absolute atomic E-state index is 11.7. The molecule has 0 aliphatic heterocycles. The maximum atomic E-state index is 11.7. The molecule has 1 unspecified atom stereocenters. The van der Waals surface area contributed by atoms with Crippen LogP contribution in [0.2, 0.25) is 0 Å². The van der Waals surface area contributed by atoms with Crippen molar-refractivity contribution in [3.63, 3.8) is 0 Å². The number of carbonyl (C=O) groups excluding carboxylic acids is 1. The predicted octanol–water partition coefficient (Wildman–Crippen LogP) is 3.83. The van der Waals surface area contributed by atoms with E-state index in [-0.39, 0.29) is 12.1 Å². The van der Waals surface area contributed by atoms with E-state index in [4.69, 9.17) is 9.15 Å².